The van der Waals surface area contributed by atoms with Crippen LogP contribution in [0, 0.1) is 35.0 Å². The molecule has 7 nitrogen and oxygen atoms in total. The molecule has 2 aliphatic rings. The molecule has 2 aliphatic heterocycles. The number of carbonyl (C=O) groups is 1. The van der Waals surface area contributed by atoms with Gasteiger partial charge in [0.15, 0.2) is 29.6 Å². The SMILES string of the molecule is CC1C(CN2CCC(O)(c3ccc(Cl)cc3)CC2)OC(c2ccc(CNC(=O)c3c(F)c(F)c(F)c(F)c3F)cc2)OC1c1ccc(CO)cc1. The van der Waals surface area contributed by atoms with Gasteiger partial charge in [-0.15, -0.1) is 0 Å². The summed E-state index contributed by atoms with van der Waals surface area (Å²) in [7, 11) is 0. The van der Waals surface area contributed by atoms with Crippen LogP contribution in [0.2, 0.25) is 5.02 Å². The molecule has 1 amide bonds. The maximum atomic E-state index is 14.1. The van der Waals surface area contributed by atoms with Gasteiger partial charge in [-0.1, -0.05) is 79.2 Å². The largest absolute Gasteiger partial charge is 0.392 e. The van der Waals surface area contributed by atoms with E-state index in [1.54, 1.807) is 36.4 Å². The van der Waals surface area contributed by atoms with Crippen molar-refractivity contribution < 1.29 is 46.4 Å². The van der Waals surface area contributed by atoms with Crippen molar-refractivity contribution in [3.63, 3.8) is 0 Å². The van der Waals surface area contributed by atoms with E-state index in [2.05, 4.69) is 17.1 Å². The lowest BCUT2D eigenvalue weighted by Gasteiger charge is -2.45. The minimum absolute atomic E-state index is 0.0882. The Labute approximate surface area is 296 Å². The zero-order valence-corrected chi connectivity index (χ0v) is 28.3. The lowest BCUT2D eigenvalue weighted by molar-refractivity contribution is -0.277. The van der Waals surface area contributed by atoms with Crippen molar-refractivity contribution in [3.05, 3.63) is 140 Å². The van der Waals surface area contributed by atoms with Crippen LogP contribution in [0.25, 0.3) is 0 Å². The summed E-state index contributed by atoms with van der Waals surface area (Å²) in [5, 5.41) is 23.8. The Morgan fingerprint density at radius 1 is 0.824 bits per heavy atom. The summed E-state index contributed by atoms with van der Waals surface area (Å²) in [5.74, 6) is -12.7. The van der Waals surface area contributed by atoms with Gasteiger partial charge in [-0.05, 0) is 47.2 Å². The Morgan fingerprint density at radius 3 is 1.96 bits per heavy atom. The highest BCUT2D eigenvalue weighted by Gasteiger charge is 2.41. The Kier molecular flexibility index (Phi) is 11.1. The number of amides is 1. The van der Waals surface area contributed by atoms with Crippen LogP contribution in [-0.2, 0) is 28.2 Å². The van der Waals surface area contributed by atoms with Gasteiger partial charge in [0.2, 0.25) is 5.82 Å². The quantitative estimate of drug-likeness (QED) is 0.0957. The van der Waals surface area contributed by atoms with E-state index in [9.17, 15) is 37.0 Å². The molecule has 0 saturated carbocycles. The molecular formula is C38H36ClF5N2O5. The normalized spacial score (nSPS) is 22.1. The predicted molar refractivity (Wildman–Crippen MR) is 178 cm³/mol. The van der Waals surface area contributed by atoms with Crippen molar-refractivity contribution in [2.24, 2.45) is 5.92 Å². The van der Waals surface area contributed by atoms with Gasteiger partial charge in [0.25, 0.3) is 5.91 Å². The molecule has 0 spiro atoms. The van der Waals surface area contributed by atoms with Crippen LogP contribution < -0.4 is 5.32 Å². The minimum Gasteiger partial charge on any atom is -0.392 e. The number of piperidine rings is 1. The number of halogens is 6. The summed E-state index contributed by atoms with van der Waals surface area (Å²) >= 11 is 6.05. The maximum Gasteiger partial charge on any atom is 0.257 e. The average Bonchev–Trinajstić information content (AvgIpc) is 3.14. The predicted octanol–water partition coefficient (Wildman–Crippen LogP) is 7.23. The smallest absolute Gasteiger partial charge is 0.257 e. The van der Waals surface area contributed by atoms with E-state index < -0.39 is 52.4 Å². The third kappa shape index (κ3) is 7.81. The number of nitrogens with one attached hydrogen (secondary N) is 1. The first-order chi connectivity index (χ1) is 24.4. The second kappa shape index (κ2) is 15.4. The summed E-state index contributed by atoms with van der Waals surface area (Å²) in [6.45, 7) is 3.54. The fourth-order valence-electron chi connectivity index (χ4n) is 6.60. The number of likely N-dealkylation sites (tertiary alicyclic amines) is 1. The first-order valence-electron chi connectivity index (χ1n) is 16.5. The van der Waals surface area contributed by atoms with Gasteiger partial charge in [0.05, 0.1) is 24.4 Å². The van der Waals surface area contributed by atoms with E-state index >= 15 is 0 Å². The molecule has 0 radical (unpaired) electrons. The number of aliphatic hydroxyl groups excluding tert-OH is 1. The Bertz CT molecular complexity index is 1830. The fraction of sp³-hybridized carbons (Fsp3) is 0.342. The summed E-state index contributed by atoms with van der Waals surface area (Å²) in [6.07, 6.45) is -0.402. The van der Waals surface area contributed by atoms with Crippen LogP contribution in [0.4, 0.5) is 22.0 Å². The molecule has 4 atom stereocenters. The van der Waals surface area contributed by atoms with Gasteiger partial charge in [-0.25, -0.2) is 22.0 Å². The van der Waals surface area contributed by atoms with Crippen molar-refractivity contribution in [2.75, 3.05) is 19.6 Å². The zero-order chi connectivity index (χ0) is 36.4. The second-order valence-corrected chi connectivity index (χ2v) is 13.5. The van der Waals surface area contributed by atoms with Crippen LogP contribution in [0.3, 0.4) is 0 Å². The second-order valence-electron chi connectivity index (χ2n) is 13.0. The van der Waals surface area contributed by atoms with Crippen LogP contribution in [0.15, 0.2) is 72.8 Å². The highest BCUT2D eigenvalue weighted by molar-refractivity contribution is 6.30. The fourth-order valence-corrected chi connectivity index (χ4v) is 6.73. The number of nitrogens with zero attached hydrogens (tertiary/aromatic N) is 1. The van der Waals surface area contributed by atoms with Gasteiger partial charge < -0.3 is 29.9 Å². The van der Waals surface area contributed by atoms with E-state index in [4.69, 9.17) is 21.1 Å². The third-order valence-corrected chi connectivity index (χ3v) is 10.0. The maximum absolute atomic E-state index is 14.1. The number of hydrogen-bond acceptors (Lipinski definition) is 6. The highest BCUT2D eigenvalue weighted by Crippen LogP contribution is 2.42. The molecule has 51 heavy (non-hydrogen) atoms. The first-order valence-corrected chi connectivity index (χ1v) is 16.9. The van der Waals surface area contributed by atoms with Crippen molar-refractivity contribution in [2.45, 2.75) is 57.0 Å². The van der Waals surface area contributed by atoms with Crippen molar-refractivity contribution in [1.29, 1.82) is 0 Å². The molecule has 2 heterocycles. The molecule has 4 aromatic carbocycles. The molecule has 6 rings (SSSR count). The summed E-state index contributed by atoms with van der Waals surface area (Å²) in [5.41, 5.74) is 1.10. The van der Waals surface area contributed by atoms with Gasteiger partial charge in [0, 0.05) is 42.7 Å². The molecule has 0 aromatic heterocycles. The topological polar surface area (TPSA) is 91.3 Å². The highest BCUT2D eigenvalue weighted by atomic mass is 35.5. The van der Waals surface area contributed by atoms with Gasteiger partial charge in [-0.3, -0.25) is 4.79 Å². The molecule has 2 saturated heterocycles. The summed E-state index contributed by atoms with van der Waals surface area (Å²) < 4.78 is 81.9. The first kappa shape index (κ1) is 36.9. The van der Waals surface area contributed by atoms with Crippen molar-refractivity contribution in [1.82, 2.24) is 10.2 Å². The molecule has 13 heteroatoms. The number of benzene rings is 4. The molecule has 2 fully saturated rings. The van der Waals surface area contributed by atoms with Gasteiger partial charge >= 0.3 is 0 Å². The standard InChI is InChI=1S/C38H36ClF5N2O5/c1-21-28(19-46-16-14-38(49,15-17-46)26-10-12-27(39)13-11-26)50-37(51-35(21)24-6-4-23(20-47)5-7-24)25-8-2-22(3-9-25)18-45-36(48)29-30(40)32(42)34(44)33(43)31(29)41/h2-13,21,28,35,37,47,49H,14-20H2,1H3,(H,45,48). The van der Waals surface area contributed by atoms with E-state index in [-0.39, 0.29) is 31.3 Å². The average molecular weight is 731 g/mol. The number of aliphatic hydroxyl groups is 2. The Balaban J connectivity index is 1.16. The molecule has 0 bridgehead atoms. The molecule has 270 valence electrons. The van der Waals surface area contributed by atoms with E-state index in [1.165, 1.54) is 0 Å². The van der Waals surface area contributed by atoms with Crippen LogP contribution >= 0.6 is 11.6 Å². The summed E-state index contributed by atoms with van der Waals surface area (Å²) in [4.78, 5) is 14.7. The minimum atomic E-state index is -2.34. The molecular weight excluding hydrogens is 695 g/mol. The van der Waals surface area contributed by atoms with Crippen LogP contribution in [-0.4, -0.2) is 46.8 Å². The zero-order valence-electron chi connectivity index (χ0n) is 27.5. The molecule has 4 aromatic rings. The number of rotatable bonds is 9. The lowest BCUT2D eigenvalue weighted by Crippen LogP contribution is -2.49. The third-order valence-electron chi connectivity index (χ3n) is 9.77. The molecule has 0 aliphatic carbocycles. The van der Waals surface area contributed by atoms with Crippen LogP contribution in [0.1, 0.15) is 70.3 Å². The van der Waals surface area contributed by atoms with Crippen LogP contribution in [0.5, 0.6) is 0 Å². The van der Waals surface area contributed by atoms with E-state index in [1.807, 2.05) is 36.4 Å². The number of carbonyl (C=O) groups excluding carboxylic acids is 1. The van der Waals surface area contributed by atoms with Crippen molar-refractivity contribution in [3.8, 4) is 0 Å². The summed E-state index contributed by atoms with van der Waals surface area (Å²) in [6, 6.07) is 21.4. The monoisotopic (exact) mass is 730 g/mol. The number of hydrogen-bond donors (Lipinski definition) is 3. The molecule has 3 N–H and O–H groups in total. The van der Waals surface area contributed by atoms with E-state index in [0.717, 1.165) is 16.7 Å². The number of ether oxygens (including phenoxy) is 2. The Hall–Kier alpha value is -3.91. The van der Waals surface area contributed by atoms with Gasteiger partial charge in [0.1, 0.15) is 5.56 Å². The lowest BCUT2D eigenvalue weighted by atomic mass is 9.84. The molecule has 4 unspecified atom stereocenters. The van der Waals surface area contributed by atoms with Crippen molar-refractivity contribution >= 4 is 17.5 Å². The van der Waals surface area contributed by atoms with Gasteiger partial charge in [-0.2, -0.15) is 0 Å². The van der Waals surface area contributed by atoms with E-state index in [0.29, 0.717) is 48.6 Å². The Morgan fingerprint density at radius 2 is 1.37 bits per heavy atom.